The first kappa shape index (κ1) is 53.3. The Kier molecular flexibility index (Phi) is 18.1. The summed E-state index contributed by atoms with van der Waals surface area (Å²) in [7, 11) is 1.40. The number of esters is 1. The molecular weight excluding hydrogens is 809 g/mol. The molecule has 17 heteroatoms. The second-order valence-electron chi connectivity index (χ2n) is 21.0. The number of aliphatic hydroxyl groups excluding tert-OH is 1. The minimum absolute atomic E-state index is 0.00327. The van der Waals surface area contributed by atoms with Gasteiger partial charge in [0.1, 0.15) is 17.8 Å². The zero-order valence-corrected chi connectivity index (χ0v) is 42.3. The van der Waals surface area contributed by atoms with E-state index in [4.69, 9.17) is 37.3 Å². The maximum Gasteiger partial charge on any atom is 0.311 e. The van der Waals surface area contributed by atoms with Crippen LogP contribution >= 0.6 is 0 Å². The summed E-state index contributed by atoms with van der Waals surface area (Å²) in [5.74, 6) is -3.98. The molecule has 3 aliphatic rings. The first-order valence-electron chi connectivity index (χ1n) is 22.1. The molecule has 3 fully saturated rings. The van der Waals surface area contributed by atoms with Gasteiger partial charge in [0.25, 0.3) is 0 Å². The summed E-state index contributed by atoms with van der Waals surface area (Å²) in [6, 6.07) is -0.0755. The van der Waals surface area contributed by atoms with E-state index < -0.39 is 118 Å². The third-order valence-electron chi connectivity index (χ3n) is 12.9. The van der Waals surface area contributed by atoms with Crippen molar-refractivity contribution < 1.29 is 62.6 Å². The van der Waals surface area contributed by atoms with Crippen molar-refractivity contribution in [1.29, 1.82) is 0 Å². The Hall–Kier alpha value is -1.07. The minimum atomic E-state index is -2.20. The van der Waals surface area contributed by atoms with Gasteiger partial charge in [-0.05, 0) is 114 Å². The number of carbonyl (C=O) groups is 1. The number of aliphatic hydroxyl groups is 3. The van der Waals surface area contributed by atoms with E-state index in [9.17, 15) is 25.3 Å². The number of nitrogens with zero attached hydrogens (tertiary/aromatic N) is 2. The molecule has 0 bridgehead atoms. The molecule has 0 saturated carbocycles. The Morgan fingerprint density at radius 1 is 0.850 bits per heavy atom. The predicted molar refractivity (Wildman–Crippen MR) is 235 cm³/mol. The first-order valence-corrected chi connectivity index (χ1v) is 28.9. The number of hydrogen-bond acceptors (Lipinski definition) is 15. The number of rotatable bonds is 11. The summed E-state index contributed by atoms with van der Waals surface area (Å²) in [4.78, 5) is 16.6. The summed E-state index contributed by atoms with van der Waals surface area (Å²) in [6.07, 6.45) is -7.03. The lowest BCUT2D eigenvalue weighted by Crippen LogP contribution is -2.62. The van der Waals surface area contributed by atoms with Crippen LogP contribution in [0.4, 0.5) is 0 Å². The standard InChI is InChI=1S/C43H84N2O13Si2/c1-20-31-43(10,49)36(46)26(4)33(44-50)24(2)22-41(8,48)37(56-40-35(57-59(14,15)16)30(45(11)12)21-25(3)52-40)27(5)34(28(6)39(47)54-31)55-32-23-42(9,51-13)38(29(7)53-32)58-60(17,18)19/h24-32,34-38,40,46,48-50H,20-23H2,1-19H3/b44-33+/t24-,25+,26-,27-,28+,29-,30-,31+,32-,34-,35+,36+,37+,38-,40-,41?,42+,43+/m0/s1. The Morgan fingerprint density at radius 3 is 1.93 bits per heavy atom. The average Bonchev–Trinajstić information content (AvgIpc) is 3.11. The van der Waals surface area contributed by atoms with Gasteiger partial charge in [0.05, 0.1) is 59.5 Å². The third-order valence-corrected chi connectivity index (χ3v) is 14.8. The summed E-state index contributed by atoms with van der Waals surface area (Å²) >= 11 is 0. The highest BCUT2D eigenvalue weighted by Gasteiger charge is 2.54. The lowest BCUT2D eigenvalue weighted by molar-refractivity contribution is -0.315. The predicted octanol–water partition coefficient (Wildman–Crippen LogP) is 5.77. The lowest BCUT2D eigenvalue weighted by atomic mass is 9.73. The topological polar surface area (TPSA) is 187 Å². The van der Waals surface area contributed by atoms with E-state index in [0.29, 0.717) is 6.42 Å². The van der Waals surface area contributed by atoms with Gasteiger partial charge in [-0.1, -0.05) is 32.9 Å². The SMILES string of the molecule is CC[C@H]1OC(=O)[C@H](C)[C@@H](O[C@H]2C[C@@](C)(OC)[C@@H](O[Si](C)(C)C)[C@H](C)O2)[C@H](C)[C@@H](O[C@@H]2O[C@H](C)C[C@H](N(C)C)[C@H]2O[Si](C)(C)C)C(C)(O)C[C@H](C)/C(=N\O)[C@H](C)[C@@H](O)[C@]1(C)O. The molecule has 3 rings (SSSR count). The monoisotopic (exact) mass is 893 g/mol. The van der Waals surface area contributed by atoms with E-state index in [1.54, 1.807) is 41.7 Å². The molecule has 1 unspecified atom stereocenters. The second kappa shape index (κ2) is 20.4. The van der Waals surface area contributed by atoms with Crippen LogP contribution in [0, 0.1) is 23.7 Å². The molecule has 15 nitrogen and oxygen atoms in total. The molecule has 18 atom stereocenters. The van der Waals surface area contributed by atoms with Crippen LogP contribution in [-0.4, -0.2) is 159 Å². The number of ether oxygens (including phenoxy) is 6. The van der Waals surface area contributed by atoms with E-state index in [1.165, 1.54) is 6.92 Å². The van der Waals surface area contributed by atoms with Crippen LogP contribution < -0.4 is 0 Å². The Labute approximate surface area is 363 Å². The van der Waals surface area contributed by atoms with Gasteiger partial charge in [-0.25, -0.2) is 0 Å². The molecule has 0 aromatic carbocycles. The fourth-order valence-corrected chi connectivity index (χ4v) is 12.0. The number of oxime groups is 1. The Balaban J connectivity index is 2.28. The molecule has 3 saturated heterocycles. The summed E-state index contributed by atoms with van der Waals surface area (Å²) < 4.78 is 53.0. The normalized spacial score (nSPS) is 45.4. The summed E-state index contributed by atoms with van der Waals surface area (Å²) in [5, 5.41) is 50.5. The average molecular weight is 893 g/mol. The van der Waals surface area contributed by atoms with Gasteiger partial charge in [-0.2, -0.15) is 0 Å². The van der Waals surface area contributed by atoms with E-state index in [2.05, 4.69) is 49.3 Å². The van der Waals surface area contributed by atoms with Crippen molar-refractivity contribution in [2.45, 2.75) is 218 Å². The van der Waals surface area contributed by atoms with E-state index in [1.807, 2.05) is 41.8 Å². The lowest BCUT2D eigenvalue weighted by Gasteiger charge is -2.51. The van der Waals surface area contributed by atoms with Gasteiger partial charge in [-0.3, -0.25) is 4.79 Å². The highest BCUT2D eigenvalue weighted by Crippen LogP contribution is 2.42. The molecular formula is C43H84N2O13Si2. The molecule has 60 heavy (non-hydrogen) atoms. The maximum atomic E-state index is 14.5. The van der Waals surface area contributed by atoms with Crippen molar-refractivity contribution >= 4 is 28.3 Å². The van der Waals surface area contributed by atoms with Crippen LogP contribution in [0.3, 0.4) is 0 Å². The number of likely N-dealkylation sites (N-methyl/N-ethyl adjacent to an activating group) is 1. The number of cyclic esters (lactones) is 1. The zero-order valence-electron chi connectivity index (χ0n) is 40.3. The second-order valence-corrected chi connectivity index (χ2v) is 29.9. The summed E-state index contributed by atoms with van der Waals surface area (Å²) in [6.45, 7) is 30.4. The third kappa shape index (κ3) is 12.8. The van der Waals surface area contributed by atoms with Gasteiger partial charge in [0.15, 0.2) is 29.2 Å². The number of methoxy groups -OCH3 is 1. The van der Waals surface area contributed by atoms with Crippen LogP contribution in [0.25, 0.3) is 0 Å². The van der Waals surface area contributed by atoms with Gasteiger partial charge >= 0.3 is 5.97 Å². The summed E-state index contributed by atoms with van der Waals surface area (Å²) in [5.41, 5.74) is -4.32. The molecule has 4 N–H and O–H groups in total. The van der Waals surface area contributed by atoms with Gasteiger partial charge < -0.3 is 62.7 Å². The quantitative estimate of drug-likeness (QED) is 0.0848. The molecule has 352 valence electrons. The zero-order chi connectivity index (χ0) is 46.1. The van der Waals surface area contributed by atoms with Crippen LogP contribution in [0.15, 0.2) is 5.16 Å². The molecule has 0 spiro atoms. The van der Waals surface area contributed by atoms with Crippen LogP contribution in [0.2, 0.25) is 39.3 Å². The van der Waals surface area contributed by atoms with Crippen molar-refractivity contribution in [2.24, 2.45) is 28.8 Å². The van der Waals surface area contributed by atoms with E-state index >= 15 is 0 Å². The van der Waals surface area contributed by atoms with Crippen LogP contribution in [0.5, 0.6) is 0 Å². The van der Waals surface area contributed by atoms with Gasteiger partial charge in [-0.15, -0.1) is 0 Å². The highest BCUT2D eigenvalue weighted by atomic mass is 28.4. The molecule has 0 aromatic rings. The van der Waals surface area contributed by atoms with Crippen molar-refractivity contribution in [3.8, 4) is 0 Å². The van der Waals surface area contributed by atoms with E-state index in [-0.39, 0.29) is 37.1 Å². The van der Waals surface area contributed by atoms with Crippen molar-refractivity contribution in [3.05, 3.63) is 0 Å². The van der Waals surface area contributed by atoms with E-state index in [0.717, 1.165) is 0 Å². The fraction of sp³-hybridized carbons (Fsp3) is 0.953. The van der Waals surface area contributed by atoms with Gasteiger partial charge in [0.2, 0.25) is 0 Å². The molecule has 3 aliphatic heterocycles. The number of carbonyl (C=O) groups excluding carboxylic acids is 1. The number of hydrogen-bond donors (Lipinski definition) is 4. The Bertz CT molecular complexity index is 1420. The molecule has 0 aromatic heterocycles. The van der Waals surface area contributed by atoms with Crippen LogP contribution in [0.1, 0.15) is 94.9 Å². The van der Waals surface area contributed by atoms with Gasteiger partial charge in [0, 0.05) is 37.3 Å². The van der Waals surface area contributed by atoms with Crippen LogP contribution in [-0.2, 0) is 42.1 Å². The van der Waals surface area contributed by atoms with Crippen molar-refractivity contribution in [3.63, 3.8) is 0 Å². The molecule has 0 radical (unpaired) electrons. The smallest absolute Gasteiger partial charge is 0.311 e. The van der Waals surface area contributed by atoms with Crippen molar-refractivity contribution in [1.82, 2.24) is 4.90 Å². The van der Waals surface area contributed by atoms with Crippen molar-refractivity contribution in [2.75, 3.05) is 21.2 Å². The molecule has 0 aliphatic carbocycles. The molecule has 0 amide bonds. The molecule has 3 heterocycles. The largest absolute Gasteiger partial charge is 0.459 e. The minimum Gasteiger partial charge on any atom is -0.459 e. The highest BCUT2D eigenvalue weighted by molar-refractivity contribution is 6.70. The maximum absolute atomic E-state index is 14.5. The Morgan fingerprint density at radius 2 is 1.43 bits per heavy atom. The first-order chi connectivity index (χ1) is 27.3. The fourth-order valence-electron chi connectivity index (χ4n) is 9.72.